The molecule has 6 nitrogen and oxygen atoms in total. The second kappa shape index (κ2) is 9.09. The first-order chi connectivity index (χ1) is 11.7. The summed E-state index contributed by atoms with van der Waals surface area (Å²) in [6, 6.07) is 16.4. The van der Waals surface area contributed by atoms with E-state index >= 15 is 0 Å². The average Bonchev–Trinajstić information content (AvgIpc) is 2.61. The smallest absolute Gasteiger partial charge is 0.343 e. The topological polar surface area (TPSA) is 77.0 Å². The van der Waals surface area contributed by atoms with E-state index in [2.05, 4.69) is 15.3 Å². The van der Waals surface area contributed by atoms with Crippen LogP contribution in [-0.2, 0) is 20.7 Å². The summed E-state index contributed by atoms with van der Waals surface area (Å²) in [6.45, 7) is -0.162. The van der Waals surface area contributed by atoms with E-state index in [-0.39, 0.29) is 18.9 Å². The molecule has 0 atom stereocenters. The van der Waals surface area contributed by atoms with E-state index in [1.54, 1.807) is 24.3 Å². The maximum Gasteiger partial charge on any atom is 0.343 e. The van der Waals surface area contributed by atoms with Gasteiger partial charge < -0.3 is 9.47 Å². The quantitative estimate of drug-likeness (QED) is 0.479. The standard InChI is InChI=1S/C18H18N2O4/c1-23-18(22)13-24-16-9-5-8-15(10-16)12-19-20-17(21)11-14-6-3-2-4-7-14/h2-10,12H,11,13H2,1H3,(H,20,21)/b19-12+. The number of amides is 1. The molecule has 1 amide bonds. The molecule has 1 N–H and O–H groups in total. The van der Waals surface area contributed by atoms with Crippen LogP contribution in [0.4, 0.5) is 0 Å². The third-order valence-corrected chi connectivity index (χ3v) is 3.05. The fourth-order valence-corrected chi connectivity index (χ4v) is 1.89. The Kier molecular flexibility index (Phi) is 6.52. The summed E-state index contributed by atoms with van der Waals surface area (Å²) in [7, 11) is 1.30. The van der Waals surface area contributed by atoms with E-state index in [0.717, 1.165) is 11.1 Å². The van der Waals surface area contributed by atoms with Gasteiger partial charge in [0.05, 0.1) is 19.7 Å². The van der Waals surface area contributed by atoms with Crippen LogP contribution in [0.5, 0.6) is 5.75 Å². The number of hydrazone groups is 1. The maximum absolute atomic E-state index is 11.8. The zero-order valence-corrected chi connectivity index (χ0v) is 13.3. The monoisotopic (exact) mass is 326 g/mol. The van der Waals surface area contributed by atoms with Crippen LogP contribution in [0.2, 0.25) is 0 Å². The van der Waals surface area contributed by atoms with Gasteiger partial charge in [-0.2, -0.15) is 5.10 Å². The molecule has 2 rings (SSSR count). The molecule has 0 aliphatic heterocycles. The Balaban J connectivity index is 1.85. The SMILES string of the molecule is COC(=O)COc1cccc(/C=N/NC(=O)Cc2ccccc2)c1. The van der Waals surface area contributed by atoms with Gasteiger partial charge in [-0.05, 0) is 23.3 Å². The van der Waals surface area contributed by atoms with Gasteiger partial charge in [-0.15, -0.1) is 0 Å². The van der Waals surface area contributed by atoms with Crippen LogP contribution >= 0.6 is 0 Å². The molecule has 0 unspecified atom stereocenters. The van der Waals surface area contributed by atoms with Crippen LogP contribution in [0.3, 0.4) is 0 Å². The van der Waals surface area contributed by atoms with E-state index in [4.69, 9.17) is 4.74 Å². The normalized spacial score (nSPS) is 10.4. The van der Waals surface area contributed by atoms with Gasteiger partial charge in [-0.1, -0.05) is 42.5 Å². The van der Waals surface area contributed by atoms with E-state index in [1.165, 1.54) is 13.3 Å². The molecule has 0 fully saturated rings. The van der Waals surface area contributed by atoms with Crippen molar-refractivity contribution >= 4 is 18.1 Å². The number of carbonyl (C=O) groups is 2. The summed E-state index contributed by atoms with van der Waals surface area (Å²) in [5.41, 5.74) is 4.13. The zero-order chi connectivity index (χ0) is 17.2. The number of ether oxygens (including phenoxy) is 2. The average molecular weight is 326 g/mol. The second-order valence-electron chi connectivity index (χ2n) is 4.89. The lowest BCUT2D eigenvalue weighted by Crippen LogP contribution is -2.19. The Morgan fingerprint density at radius 3 is 2.67 bits per heavy atom. The number of carbonyl (C=O) groups excluding carboxylic acids is 2. The lowest BCUT2D eigenvalue weighted by atomic mass is 10.1. The Bertz CT molecular complexity index is 714. The van der Waals surface area contributed by atoms with Crippen LogP contribution in [0.15, 0.2) is 59.7 Å². The predicted molar refractivity (Wildman–Crippen MR) is 89.8 cm³/mol. The minimum absolute atomic E-state index is 0.162. The summed E-state index contributed by atoms with van der Waals surface area (Å²) in [4.78, 5) is 22.8. The van der Waals surface area contributed by atoms with Gasteiger partial charge in [-0.25, -0.2) is 10.2 Å². The van der Waals surface area contributed by atoms with E-state index in [1.807, 2.05) is 30.3 Å². The number of rotatable bonds is 7. The van der Waals surface area contributed by atoms with Crippen molar-refractivity contribution in [1.29, 1.82) is 0 Å². The zero-order valence-electron chi connectivity index (χ0n) is 13.3. The molecule has 0 aliphatic rings. The van der Waals surface area contributed by atoms with Crippen molar-refractivity contribution in [2.45, 2.75) is 6.42 Å². The number of nitrogens with one attached hydrogen (secondary N) is 1. The number of benzene rings is 2. The molecule has 0 radical (unpaired) electrons. The van der Waals surface area contributed by atoms with Gasteiger partial charge in [0.2, 0.25) is 5.91 Å². The lowest BCUT2D eigenvalue weighted by Gasteiger charge is -2.05. The molecular formula is C18H18N2O4. The second-order valence-corrected chi connectivity index (χ2v) is 4.89. The first kappa shape index (κ1) is 17.2. The molecule has 0 bridgehead atoms. The number of methoxy groups -OCH3 is 1. The Labute approximate surface area is 140 Å². The number of hydrogen-bond acceptors (Lipinski definition) is 5. The lowest BCUT2D eigenvalue weighted by molar-refractivity contribution is -0.142. The number of hydrogen-bond donors (Lipinski definition) is 1. The largest absolute Gasteiger partial charge is 0.482 e. The van der Waals surface area contributed by atoms with Crippen molar-refractivity contribution in [3.8, 4) is 5.75 Å². The first-order valence-corrected chi connectivity index (χ1v) is 7.33. The van der Waals surface area contributed by atoms with Crippen LogP contribution in [0, 0.1) is 0 Å². The van der Waals surface area contributed by atoms with Gasteiger partial charge in [0, 0.05) is 0 Å². The van der Waals surface area contributed by atoms with Gasteiger partial charge in [0.25, 0.3) is 0 Å². The molecule has 0 aromatic heterocycles. The molecule has 24 heavy (non-hydrogen) atoms. The molecule has 0 spiro atoms. The summed E-state index contributed by atoms with van der Waals surface area (Å²) in [6.07, 6.45) is 1.77. The number of nitrogens with zero attached hydrogens (tertiary/aromatic N) is 1. The summed E-state index contributed by atoms with van der Waals surface area (Å²) < 4.78 is 9.79. The fourth-order valence-electron chi connectivity index (χ4n) is 1.89. The van der Waals surface area contributed by atoms with Crippen molar-refractivity contribution in [3.63, 3.8) is 0 Å². The number of esters is 1. The minimum Gasteiger partial charge on any atom is -0.482 e. The van der Waals surface area contributed by atoms with E-state index in [0.29, 0.717) is 5.75 Å². The minimum atomic E-state index is -0.456. The third-order valence-electron chi connectivity index (χ3n) is 3.05. The van der Waals surface area contributed by atoms with Crippen molar-refractivity contribution < 1.29 is 19.1 Å². The molecule has 0 saturated carbocycles. The molecule has 2 aromatic carbocycles. The predicted octanol–water partition coefficient (Wildman–Crippen LogP) is 1.93. The molecule has 0 aliphatic carbocycles. The van der Waals surface area contributed by atoms with Gasteiger partial charge in [-0.3, -0.25) is 4.79 Å². The van der Waals surface area contributed by atoms with Crippen LogP contribution < -0.4 is 10.2 Å². The van der Waals surface area contributed by atoms with Crippen molar-refractivity contribution in [3.05, 3.63) is 65.7 Å². The van der Waals surface area contributed by atoms with E-state index < -0.39 is 5.97 Å². The highest BCUT2D eigenvalue weighted by atomic mass is 16.6. The summed E-state index contributed by atoms with van der Waals surface area (Å²) in [5.74, 6) is -0.141. The summed E-state index contributed by atoms with van der Waals surface area (Å²) >= 11 is 0. The van der Waals surface area contributed by atoms with Crippen molar-refractivity contribution in [2.24, 2.45) is 5.10 Å². The van der Waals surface area contributed by atoms with Crippen LogP contribution in [0.1, 0.15) is 11.1 Å². The maximum atomic E-state index is 11.8. The Hall–Kier alpha value is -3.15. The Morgan fingerprint density at radius 1 is 1.12 bits per heavy atom. The summed E-state index contributed by atoms with van der Waals surface area (Å²) in [5, 5.41) is 3.92. The van der Waals surface area contributed by atoms with E-state index in [9.17, 15) is 9.59 Å². The van der Waals surface area contributed by atoms with Gasteiger partial charge in [0.1, 0.15) is 5.75 Å². The van der Waals surface area contributed by atoms with Gasteiger partial charge in [0.15, 0.2) is 6.61 Å². The Morgan fingerprint density at radius 2 is 1.92 bits per heavy atom. The van der Waals surface area contributed by atoms with Crippen LogP contribution in [-0.4, -0.2) is 31.8 Å². The van der Waals surface area contributed by atoms with Gasteiger partial charge >= 0.3 is 5.97 Å². The molecule has 0 heterocycles. The molecule has 2 aromatic rings. The fraction of sp³-hybridized carbons (Fsp3) is 0.167. The molecule has 124 valence electrons. The third kappa shape index (κ3) is 5.92. The highest BCUT2D eigenvalue weighted by Crippen LogP contribution is 2.12. The van der Waals surface area contributed by atoms with Crippen LogP contribution in [0.25, 0.3) is 0 Å². The highest BCUT2D eigenvalue weighted by molar-refractivity contribution is 5.83. The molecule has 6 heteroatoms. The van der Waals surface area contributed by atoms with Crippen molar-refractivity contribution in [2.75, 3.05) is 13.7 Å². The molecule has 0 saturated heterocycles. The highest BCUT2D eigenvalue weighted by Gasteiger charge is 2.03. The first-order valence-electron chi connectivity index (χ1n) is 7.33. The van der Waals surface area contributed by atoms with Crippen molar-refractivity contribution in [1.82, 2.24) is 5.43 Å². The molecular weight excluding hydrogens is 308 g/mol.